The van der Waals surface area contributed by atoms with E-state index in [0.29, 0.717) is 51.3 Å². The minimum atomic E-state index is -0.897. The first-order chi connectivity index (χ1) is 17.6. The van der Waals surface area contributed by atoms with Gasteiger partial charge in [0.05, 0.1) is 6.54 Å². The number of piperidine rings is 1. The molecule has 4 amide bonds. The summed E-state index contributed by atoms with van der Waals surface area (Å²) in [5.74, 6) is 0.531. The second-order valence-corrected chi connectivity index (χ2v) is 11.5. The van der Waals surface area contributed by atoms with Crippen LogP contribution < -0.4 is 15.5 Å². The van der Waals surface area contributed by atoms with Crippen LogP contribution in [0, 0.1) is 16.7 Å². The van der Waals surface area contributed by atoms with Gasteiger partial charge in [-0.1, -0.05) is 45.0 Å². The molecule has 194 valence electrons. The van der Waals surface area contributed by atoms with Gasteiger partial charge >= 0.3 is 6.03 Å². The van der Waals surface area contributed by atoms with E-state index >= 15 is 0 Å². The van der Waals surface area contributed by atoms with Crippen molar-refractivity contribution in [3.63, 3.8) is 0 Å². The molecule has 10 nitrogen and oxygen atoms in total. The second-order valence-electron chi connectivity index (χ2n) is 11.5. The van der Waals surface area contributed by atoms with Gasteiger partial charge in [0.25, 0.3) is 5.91 Å². The average Bonchev–Trinajstić information content (AvgIpc) is 3.01. The van der Waals surface area contributed by atoms with Gasteiger partial charge in [-0.2, -0.15) is 5.26 Å². The zero-order valence-corrected chi connectivity index (χ0v) is 21.6. The van der Waals surface area contributed by atoms with Crippen molar-refractivity contribution >= 4 is 34.4 Å². The Balaban J connectivity index is 1.38. The van der Waals surface area contributed by atoms with E-state index < -0.39 is 11.6 Å². The number of fused-ring (bicyclic) bond motifs is 3. The molecule has 0 bridgehead atoms. The first-order valence-electron chi connectivity index (χ1n) is 12.8. The Kier molecular flexibility index (Phi) is 6.28. The van der Waals surface area contributed by atoms with Crippen molar-refractivity contribution in [3.05, 3.63) is 35.5 Å². The van der Waals surface area contributed by atoms with Crippen molar-refractivity contribution in [3.8, 4) is 6.07 Å². The number of urea groups is 1. The molecule has 2 saturated heterocycles. The first kappa shape index (κ1) is 25.0. The van der Waals surface area contributed by atoms with Crippen LogP contribution in [0.15, 0.2) is 24.3 Å². The van der Waals surface area contributed by atoms with Crippen molar-refractivity contribution in [1.82, 2.24) is 25.4 Å². The molecule has 1 aromatic carbocycles. The number of imide groups is 1. The molecule has 0 unspecified atom stereocenters. The van der Waals surface area contributed by atoms with Crippen molar-refractivity contribution in [2.75, 3.05) is 44.2 Å². The summed E-state index contributed by atoms with van der Waals surface area (Å²) in [4.78, 5) is 48.2. The highest BCUT2D eigenvalue weighted by atomic mass is 16.2. The van der Waals surface area contributed by atoms with Crippen molar-refractivity contribution in [2.24, 2.45) is 5.41 Å². The summed E-state index contributed by atoms with van der Waals surface area (Å²) in [6.45, 7) is 10.4. The number of nitriles is 1. The maximum absolute atomic E-state index is 13.3. The molecule has 5 rings (SSSR count). The number of hydrogen-bond donors (Lipinski definition) is 2. The molecule has 37 heavy (non-hydrogen) atoms. The number of likely N-dealkylation sites (tertiary alicyclic amines) is 1. The van der Waals surface area contributed by atoms with Crippen LogP contribution in [-0.4, -0.2) is 77.4 Å². The monoisotopic (exact) mass is 503 g/mol. The zero-order chi connectivity index (χ0) is 26.4. The standard InChI is InChI=1S/C27H33N7O3/c1-26(2,3)17-34-13-12-32(15-20-18-6-4-5-7-19(18)21(14-28)29-23(20)34)16-22(35)33-10-8-27(9-11-33)24(36)30-25(37)31-27/h4-7H,8-13,15-17H2,1-3H3,(H2,30,31,36,37). The first-order valence-corrected chi connectivity index (χ1v) is 12.8. The second kappa shape index (κ2) is 9.30. The fourth-order valence-corrected chi connectivity index (χ4v) is 5.65. The van der Waals surface area contributed by atoms with Crippen LogP contribution in [0.2, 0.25) is 0 Å². The Morgan fingerprint density at radius 3 is 2.43 bits per heavy atom. The fourth-order valence-electron chi connectivity index (χ4n) is 5.65. The fraction of sp³-hybridized carbons (Fsp3) is 0.519. The lowest BCUT2D eigenvalue weighted by Gasteiger charge is -2.37. The summed E-state index contributed by atoms with van der Waals surface area (Å²) >= 11 is 0. The van der Waals surface area contributed by atoms with Crippen molar-refractivity contribution < 1.29 is 14.4 Å². The Hall–Kier alpha value is -3.71. The Morgan fingerprint density at radius 1 is 1.11 bits per heavy atom. The number of aromatic nitrogens is 1. The minimum Gasteiger partial charge on any atom is -0.354 e. The minimum absolute atomic E-state index is 0.0105. The van der Waals surface area contributed by atoms with Crippen molar-refractivity contribution in [1.29, 1.82) is 5.26 Å². The van der Waals surface area contributed by atoms with Gasteiger partial charge in [-0.25, -0.2) is 9.78 Å². The summed E-state index contributed by atoms with van der Waals surface area (Å²) < 4.78 is 0. The SMILES string of the molecule is CC(C)(C)CN1CCN(CC(=O)N2CCC3(CC2)NC(=O)NC3=O)Cc2c1nc(C#N)c1ccccc21. The number of benzene rings is 1. The highest BCUT2D eigenvalue weighted by molar-refractivity contribution is 6.07. The third-order valence-corrected chi connectivity index (χ3v) is 7.48. The van der Waals surface area contributed by atoms with E-state index in [0.717, 1.165) is 28.7 Å². The normalized spacial score (nSPS) is 19.8. The van der Waals surface area contributed by atoms with Crippen LogP contribution in [-0.2, 0) is 16.1 Å². The van der Waals surface area contributed by atoms with Gasteiger partial charge in [0, 0.05) is 50.2 Å². The molecule has 0 atom stereocenters. The number of nitrogens with zero attached hydrogens (tertiary/aromatic N) is 5. The van der Waals surface area contributed by atoms with Crippen LogP contribution in [0.4, 0.5) is 10.6 Å². The topological polar surface area (TPSA) is 122 Å². The molecule has 0 radical (unpaired) electrons. The van der Waals surface area contributed by atoms with Crippen LogP contribution in [0.25, 0.3) is 10.8 Å². The predicted molar refractivity (Wildman–Crippen MR) is 139 cm³/mol. The zero-order valence-electron chi connectivity index (χ0n) is 21.6. The Labute approximate surface area is 216 Å². The van der Waals surface area contributed by atoms with E-state index in [1.54, 1.807) is 4.90 Å². The molecular formula is C27H33N7O3. The van der Waals surface area contributed by atoms with E-state index in [2.05, 4.69) is 47.3 Å². The molecule has 0 saturated carbocycles. The number of anilines is 1. The maximum Gasteiger partial charge on any atom is 0.322 e. The molecule has 2 aromatic rings. The molecule has 4 heterocycles. The van der Waals surface area contributed by atoms with E-state index in [1.165, 1.54) is 0 Å². The largest absolute Gasteiger partial charge is 0.354 e. The van der Waals surface area contributed by atoms with Crippen LogP contribution in [0.1, 0.15) is 44.9 Å². The number of nitrogens with one attached hydrogen (secondary N) is 2. The molecule has 0 aliphatic carbocycles. The molecule has 10 heteroatoms. The van der Waals surface area contributed by atoms with Crippen LogP contribution in [0.5, 0.6) is 0 Å². The third-order valence-electron chi connectivity index (χ3n) is 7.48. The van der Waals surface area contributed by atoms with Crippen molar-refractivity contribution in [2.45, 2.75) is 45.7 Å². The smallest absolute Gasteiger partial charge is 0.322 e. The molecule has 2 fully saturated rings. The Bertz CT molecular complexity index is 1300. The van der Waals surface area contributed by atoms with Gasteiger partial charge in [0.15, 0.2) is 5.69 Å². The molecule has 3 aliphatic heterocycles. The number of rotatable bonds is 3. The summed E-state index contributed by atoms with van der Waals surface area (Å²) in [6, 6.07) is 9.65. The number of amides is 4. The molecule has 1 spiro atoms. The quantitative estimate of drug-likeness (QED) is 0.614. The van der Waals surface area contributed by atoms with Crippen LogP contribution >= 0.6 is 0 Å². The lowest BCUT2D eigenvalue weighted by atomic mass is 9.87. The summed E-state index contributed by atoms with van der Waals surface area (Å²) in [7, 11) is 0. The molecular weight excluding hydrogens is 470 g/mol. The van der Waals surface area contributed by atoms with E-state index in [-0.39, 0.29) is 23.8 Å². The van der Waals surface area contributed by atoms with E-state index in [1.807, 2.05) is 24.3 Å². The summed E-state index contributed by atoms with van der Waals surface area (Å²) in [5, 5.41) is 16.7. The Morgan fingerprint density at radius 2 is 1.81 bits per heavy atom. The van der Waals surface area contributed by atoms with E-state index in [4.69, 9.17) is 4.98 Å². The van der Waals surface area contributed by atoms with E-state index in [9.17, 15) is 19.6 Å². The summed E-state index contributed by atoms with van der Waals surface area (Å²) in [6.07, 6.45) is 0.813. The highest BCUT2D eigenvalue weighted by Gasteiger charge is 2.48. The molecule has 3 aliphatic rings. The number of pyridine rings is 1. The van der Waals surface area contributed by atoms with Gasteiger partial charge in [-0.05, 0) is 23.6 Å². The lowest BCUT2D eigenvalue weighted by molar-refractivity contribution is -0.136. The van der Waals surface area contributed by atoms with Gasteiger partial charge in [-0.15, -0.1) is 0 Å². The van der Waals surface area contributed by atoms with Gasteiger partial charge in [0.1, 0.15) is 17.4 Å². The van der Waals surface area contributed by atoms with Gasteiger partial charge in [0.2, 0.25) is 5.91 Å². The molecule has 2 N–H and O–H groups in total. The van der Waals surface area contributed by atoms with Gasteiger partial charge in [-0.3, -0.25) is 19.8 Å². The number of carbonyl (C=O) groups excluding carboxylic acids is 3. The van der Waals surface area contributed by atoms with Gasteiger partial charge < -0.3 is 15.1 Å². The number of hydrogen-bond acceptors (Lipinski definition) is 7. The highest BCUT2D eigenvalue weighted by Crippen LogP contribution is 2.34. The third kappa shape index (κ3) is 4.83. The summed E-state index contributed by atoms with van der Waals surface area (Å²) in [5.41, 5.74) is 0.579. The maximum atomic E-state index is 13.3. The average molecular weight is 504 g/mol. The van der Waals surface area contributed by atoms with Crippen LogP contribution in [0.3, 0.4) is 0 Å². The number of carbonyl (C=O) groups is 3. The lowest BCUT2D eigenvalue weighted by Crippen LogP contribution is -2.56. The molecule has 1 aromatic heterocycles. The predicted octanol–water partition coefficient (Wildman–Crippen LogP) is 1.98.